The molecule has 3 aromatic heterocycles. The molecule has 0 N–H and O–H groups in total. The van der Waals surface area contributed by atoms with Crippen LogP contribution in [0.5, 0.6) is 0 Å². The molecule has 0 bridgehead atoms. The van der Waals surface area contributed by atoms with Crippen LogP contribution in [0, 0.1) is 0 Å². The Morgan fingerprint density at radius 1 is 0.523 bits per heavy atom. The van der Waals surface area contributed by atoms with E-state index in [0.29, 0.717) is 54.3 Å². The molecule has 4 nitrogen and oxygen atoms in total. The van der Waals surface area contributed by atoms with Crippen molar-refractivity contribution >= 4 is 53.4 Å². The van der Waals surface area contributed by atoms with Gasteiger partial charge in [-0.2, -0.15) is 0 Å². The van der Waals surface area contributed by atoms with Crippen molar-refractivity contribution in [2.45, 2.75) is 0 Å². The average molecular weight is 588 g/mol. The van der Waals surface area contributed by atoms with Gasteiger partial charge < -0.3 is 4.42 Å². The van der Waals surface area contributed by atoms with Gasteiger partial charge in [0.15, 0.2) is 17.5 Å². The van der Waals surface area contributed by atoms with Crippen LogP contribution in [-0.4, -0.2) is 15.0 Å². The van der Waals surface area contributed by atoms with Crippen molar-refractivity contribution in [2.75, 3.05) is 0 Å². The van der Waals surface area contributed by atoms with E-state index in [1.807, 2.05) is 103 Å². The number of para-hydroxylation sites is 1. The molecule has 0 unspecified atom stereocenters. The Labute approximate surface area is 265 Å². The van der Waals surface area contributed by atoms with Crippen molar-refractivity contribution in [3.63, 3.8) is 0 Å². The van der Waals surface area contributed by atoms with Crippen LogP contribution < -0.4 is 0 Å². The predicted octanol–water partition coefficient (Wildman–Crippen LogP) is 10.8. The highest BCUT2D eigenvalue weighted by atomic mass is 32.1. The lowest BCUT2D eigenvalue weighted by Gasteiger charge is -2.08. The van der Waals surface area contributed by atoms with Gasteiger partial charge >= 0.3 is 0 Å². The van der Waals surface area contributed by atoms with Gasteiger partial charge in [0.25, 0.3) is 0 Å². The predicted molar refractivity (Wildman–Crippen MR) is 182 cm³/mol. The van der Waals surface area contributed by atoms with Crippen LogP contribution in [0.1, 0.15) is 8.22 Å². The third-order valence-corrected chi connectivity index (χ3v) is 8.77. The number of fused-ring (bicyclic) bond motifs is 6. The Bertz CT molecular complexity index is 2840. The van der Waals surface area contributed by atoms with Crippen LogP contribution in [-0.2, 0) is 0 Å². The van der Waals surface area contributed by atoms with Gasteiger partial charge in [-0.05, 0) is 35.4 Å². The van der Waals surface area contributed by atoms with Crippen molar-refractivity contribution in [2.24, 2.45) is 0 Å². The first-order valence-corrected chi connectivity index (χ1v) is 14.9. The maximum absolute atomic E-state index is 9.46. The van der Waals surface area contributed by atoms with E-state index < -0.39 is 0 Å². The Morgan fingerprint density at radius 3 is 2.02 bits per heavy atom. The average Bonchev–Trinajstić information content (AvgIpc) is 3.73. The van der Waals surface area contributed by atoms with Crippen molar-refractivity contribution in [3.05, 3.63) is 139 Å². The van der Waals surface area contributed by atoms with Crippen molar-refractivity contribution < 1.29 is 12.6 Å². The molecule has 9 rings (SSSR count). The van der Waals surface area contributed by atoms with E-state index in [1.165, 1.54) is 11.3 Å². The monoisotopic (exact) mass is 587 g/mol. The maximum Gasteiger partial charge on any atom is 0.164 e. The zero-order valence-corrected chi connectivity index (χ0v) is 23.8. The van der Waals surface area contributed by atoms with E-state index >= 15 is 0 Å². The van der Waals surface area contributed by atoms with Gasteiger partial charge in [0.05, 0.1) is 8.22 Å². The molecular weight excluding hydrogens is 559 g/mol. The number of hydrogen-bond donors (Lipinski definition) is 0. The Balaban J connectivity index is 1.32. The summed E-state index contributed by atoms with van der Waals surface area (Å²) in [5.41, 5.74) is 4.02. The fourth-order valence-corrected chi connectivity index (χ4v) is 6.67. The molecule has 0 aliphatic rings. The van der Waals surface area contributed by atoms with Crippen molar-refractivity contribution in [3.8, 4) is 45.3 Å². The maximum atomic E-state index is 9.46. The summed E-state index contributed by atoms with van der Waals surface area (Å²) in [5, 5.41) is 2.48. The summed E-state index contributed by atoms with van der Waals surface area (Å²) >= 11 is 1.19. The number of rotatable bonds is 4. The second kappa shape index (κ2) is 9.97. The third-order valence-electron chi connectivity index (χ3n) is 7.65. The fraction of sp³-hybridized carbons (Fsp3) is 0. The molecule has 0 amide bonds. The molecule has 0 aliphatic carbocycles. The zero-order valence-electron chi connectivity index (χ0n) is 29.0. The van der Waals surface area contributed by atoms with Gasteiger partial charge in [-0.3, -0.25) is 0 Å². The quantitative estimate of drug-likeness (QED) is 0.205. The van der Waals surface area contributed by atoms with E-state index in [0.717, 1.165) is 16.4 Å². The zero-order chi connectivity index (χ0) is 34.3. The van der Waals surface area contributed by atoms with Gasteiger partial charge in [0.2, 0.25) is 0 Å². The lowest BCUT2D eigenvalue weighted by molar-refractivity contribution is 0.669. The van der Waals surface area contributed by atoms with Crippen LogP contribution in [0.25, 0.3) is 87.4 Å². The molecule has 6 aromatic carbocycles. The SMILES string of the molecule is [2H]c1c([2H])c([2H])c2c(sc3c([2H])c(-c4nc(-c5ccccc5)nc(-c5ccc6c(c5)oc5ccccc56)n4)c([2H])c([2H])c32)c1-c1ccccc1. The topological polar surface area (TPSA) is 51.8 Å². The minimum Gasteiger partial charge on any atom is -0.456 e. The van der Waals surface area contributed by atoms with E-state index in [4.69, 9.17) is 23.5 Å². The highest BCUT2D eigenvalue weighted by Gasteiger charge is 2.16. The summed E-state index contributed by atoms with van der Waals surface area (Å²) in [4.78, 5) is 14.4. The van der Waals surface area contributed by atoms with Gasteiger partial charge in [0.1, 0.15) is 11.2 Å². The fourth-order valence-electron chi connectivity index (χ4n) is 5.53. The molecule has 3 heterocycles. The minimum absolute atomic E-state index is 0.0599. The summed E-state index contributed by atoms with van der Waals surface area (Å²) in [7, 11) is 0. The minimum atomic E-state index is -0.270. The molecule has 0 saturated heterocycles. The first-order chi connectivity index (χ1) is 24.3. The third kappa shape index (κ3) is 4.09. The van der Waals surface area contributed by atoms with Crippen LogP contribution in [0.2, 0.25) is 0 Å². The number of aromatic nitrogens is 3. The van der Waals surface area contributed by atoms with Crippen LogP contribution in [0.15, 0.2) is 144 Å². The summed E-state index contributed by atoms with van der Waals surface area (Å²) < 4.78 is 61.1. The standard InChI is InChI=1S/C39H23N3OS/c1-3-10-24(11-4-1)28-15-9-16-32-31-21-19-27(23-35(31)44-36(28)32)39-41-37(25-12-5-2-6-13-25)40-38(42-39)26-18-20-30-29-14-7-8-17-33(29)43-34(30)22-26/h1-23H/i9D,15D,16D,19D,21D,23D. The van der Waals surface area contributed by atoms with Gasteiger partial charge in [0, 0.05) is 47.6 Å². The van der Waals surface area contributed by atoms with Gasteiger partial charge in [-0.25, -0.2) is 15.0 Å². The number of hydrogen-bond acceptors (Lipinski definition) is 5. The number of thiophene rings is 1. The number of nitrogens with zero attached hydrogens (tertiary/aromatic N) is 3. The first-order valence-electron chi connectivity index (χ1n) is 17.0. The highest BCUT2D eigenvalue weighted by molar-refractivity contribution is 7.26. The molecule has 0 radical (unpaired) electrons. The first kappa shape index (κ1) is 19.5. The second-order valence-corrected chi connectivity index (χ2v) is 11.4. The normalized spacial score (nSPS) is 13.5. The number of furan rings is 1. The molecule has 5 heteroatoms. The number of benzene rings is 6. The van der Waals surface area contributed by atoms with Crippen LogP contribution in [0.3, 0.4) is 0 Å². The molecule has 44 heavy (non-hydrogen) atoms. The lowest BCUT2D eigenvalue weighted by atomic mass is 10.0. The summed E-state index contributed by atoms with van der Waals surface area (Å²) in [6.07, 6.45) is 0. The van der Waals surface area contributed by atoms with Crippen LogP contribution >= 0.6 is 11.3 Å². The Morgan fingerprint density at radius 2 is 1.20 bits per heavy atom. The van der Waals surface area contributed by atoms with Gasteiger partial charge in [-0.15, -0.1) is 11.3 Å². The second-order valence-electron chi connectivity index (χ2n) is 10.4. The molecule has 206 valence electrons. The molecule has 0 spiro atoms. The Hall–Kier alpha value is -5.65. The van der Waals surface area contributed by atoms with Crippen molar-refractivity contribution in [1.82, 2.24) is 15.0 Å². The van der Waals surface area contributed by atoms with E-state index in [1.54, 1.807) is 0 Å². The molecular formula is C39H23N3OS. The summed E-state index contributed by atoms with van der Waals surface area (Å²) in [5.74, 6) is 0.725. The van der Waals surface area contributed by atoms with E-state index in [9.17, 15) is 4.11 Å². The van der Waals surface area contributed by atoms with Gasteiger partial charge in [-0.1, -0.05) is 115 Å². The van der Waals surface area contributed by atoms with E-state index in [2.05, 4.69) is 0 Å². The van der Waals surface area contributed by atoms with Crippen molar-refractivity contribution in [1.29, 1.82) is 0 Å². The highest BCUT2D eigenvalue weighted by Crippen LogP contribution is 2.41. The Kier molecular flexibility index (Phi) is 4.42. The molecule has 0 aliphatic heterocycles. The summed E-state index contributed by atoms with van der Waals surface area (Å²) in [6, 6.07) is 31.0. The van der Waals surface area contributed by atoms with Crippen LogP contribution in [0.4, 0.5) is 0 Å². The van der Waals surface area contributed by atoms with E-state index in [-0.39, 0.29) is 53.0 Å². The molecule has 0 fully saturated rings. The molecule has 0 atom stereocenters. The largest absolute Gasteiger partial charge is 0.456 e. The lowest BCUT2D eigenvalue weighted by Crippen LogP contribution is -2.00. The molecule has 9 aromatic rings. The molecule has 0 saturated carbocycles. The smallest absolute Gasteiger partial charge is 0.164 e. The summed E-state index contributed by atoms with van der Waals surface area (Å²) in [6.45, 7) is 0.